The van der Waals surface area contributed by atoms with Gasteiger partial charge in [-0.2, -0.15) is 0 Å². The molecule has 1 heterocycles. The van der Waals surface area contributed by atoms with Crippen LogP contribution in [0.2, 0.25) is 0 Å². The third kappa shape index (κ3) is 4.40. The highest BCUT2D eigenvalue weighted by atomic mass is 16.6. The number of hydrogen-bond acceptors (Lipinski definition) is 4. The number of ether oxygens (including phenoxy) is 2. The van der Waals surface area contributed by atoms with Crippen LogP contribution < -0.4 is 4.74 Å². The average Bonchev–Trinajstić information content (AvgIpc) is 2.90. The van der Waals surface area contributed by atoms with Crippen LogP contribution in [-0.4, -0.2) is 46.4 Å². The monoisotopic (exact) mass is 335 g/mol. The summed E-state index contributed by atoms with van der Waals surface area (Å²) in [6.45, 7) is 7.49. The number of rotatable bonds is 4. The van der Waals surface area contributed by atoms with E-state index in [2.05, 4.69) is 0 Å². The first-order valence-corrected chi connectivity index (χ1v) is 8.18. The molecule has 0 saturated carbocycles. The summed E-state index contributed by atoms with van der Waals surface area (Å²) in [5.41, 5.74) is 0.383. The SMILES string of the molecule is CCc1ccccc1O[C@H]1C[C@@H](C(=O)O)N(C(=O)OC(C)(C)C)C1. The van der Waals surface area contributed by atoms with Gasteiger partial charge < -0.3 is 14.6 Å². The molecule has 1 aromatic rings. The average molecular weight is 335 g/mol. The zero-order valence-corrected chi connectivity index (χ0v) is 14.6. The fraction of sp³-hybridized carbons (Fsp3) is 0.556. The van der Waals surface area contributed by atoms with E-state index in [1.54, 1.807) is 20.8 Å². The predicted octanol–water partition coefficient (Wildman–Crippen LogP) is 3.09. The molecule has 1 aromatic carbocycles. The molecule has 0 spiro atoms. The summed E-state index contributed by atoms with van der Waals surface area (Å²) >= 11 is 0. The Morgan fingerprint density at radius 2 is 1.96 bits per heavy atom. The van der Waals surface area contributed by atoms with Crippen molar-refractivity contribution in [3.8, 4) is 5.75 Å². The lowest BCUT2D eigenvalue weighted by Gasteiger charge is -2.26. The van der Waals surface area contributed by atoms with Crippen molar-refractivity contribution in [2.24, 2.45) is 0 Å². The zero-order valence-electron chi connectivity index (χ0n) is 14.6. The minimum absolute atomic E-state index is 0.198. The van der Waals surface area contributed by atoms with Gasteiger partial charge in [0.15, 0.2) is 0 Å². The van der Waals surface area contributed by atoms with Crippen LogP contribution in [-0.2, 0) is 16.0 Å². The van der Waals surface area contributed by atoms with E-state index in [-0.39, 0.29) is 19.1 Å². The van der Waals surface area contributed by atoms with Gasteiger partial charge in [0, 0.05) is 6.42 Å². The standard InChI is InChI=1S/C18H25NO5/c1-5-12-8-6-7-9-15(12)23-13-10-14(16(20)21)19(11-13)17(22)24-18(2,3)4/h6-9,13-14H,5,10-11H2,1-4H3,(H,20,21)/t13-,14-/m0/s1. The predicted molar refractivity (Wildman–Crippen MR) is 89.2 cm³/mol. The second kappa shape index (κ2) is 7.11. The van der Waals surface area contributed by atoms with Crippen LogP contribution in [0.5, 0.6) is 5.75 Å². The Labute approximate surface area is 142 Å². The number of para-hydroxylation sites is 1. The van der Waals surface area contributed by atoms with Crippen molar-refractivity contribution in [2.75, 3.05) is 6.54 Å². The van der Waals surface area contributed by atoms with Crippen LogP contribution in [0.15, 0.2) is 24.3 Å². The van der Waals surface area contributed by atoms with Crippen molar-refractivity contribution in [3.05, 3.63) is 29.8 Å². The maximum Gasteiger partial charge on any atom is 0.411 e. The van der Waals surface area contributed by atoms with Crippen LogP contribution >= 0.6 is 0 Å². The number of carboxylic acid groups (broad SMARTS) is 1. The molecule has 24 heavy (non-hydrogen) atoms. The van der Waals surface area contributed by atoms with Gasteiger partial charge in [0.1, 0.15) is 23.5 Å². The lowest BCUT2D eigenvalue weighted by Crippen LogP contribution is -2.43. The molecule has 1 N–H and O–H groups in total. The number of amides is 1. The maximum atomic E-state index is 12.3. The Morgan fingerprint density at radius 1 is 1.29 bits per heavy atom. The van der Waals surface area contributed by atoms with Crippen molar-refractivity contribution >= 4 is 12.1 Å². The summed E-state index contributed by atoms with van der Waals surface area (Å²) in [4.78, 5) is 25.0. The van der Waals surface area contributed by atoms with Crippen LogP contribution in [0.1, 0.15) is 39.7 Å². The van der Waals surface area contributed by atoms with E-state index in [1.807, 2.05) is 31.2 Å². The van der Waals surface area contributed by atoms with E-state index >= 15 is 0 Å². The number of likely N-dealkylation sites (tertiary alicyclic amines) is 1. The highest BCUT2D eigenvalue weighted by molar-refractivity contribution is 5.81. The summed E-state index contributed by atoms with van der Waals surface area (Å²) in [5.74, 6) is -0.309. The van der Waals surface area contributed by atoms with Gasteiger partial charge in [0.05, 0.1) is 6.54 Å². The molecule has 2 rings (SSSR count). The highest BCUT2D eigenvalue weighted by Gasteiger charge is 2.42. The maximum absolute atomic E-state index is 12.3. The van der Waals surface area contributed by atoms with Crippen molar-refractivity contribution in [1.29, 1.82) is 0 Å². The fourth-order valence-corrected chi connectivity index (χ4v) is 2.73. The van der Waals surface area contributed by atoms with Gasteiger partial charge >= 0.3 is 12.1 Å². The smallest absolute Gasteiger partial charge is 0.411 e. The Morgan fingerprint density at radius 3 is 2.54 bits per heavy atom. The molecule has 1 aliphatic rings. The number of carbonyl (C=O) groups excluding carboxylic acids is 1. The lowest BCUT2D eigenvalue weighted by atomic mass is 10.1. The van der Waals surface area contributed by atoms with Crippen LogP contribution in [0, 0.1) is 0 Å². The van der Waals surface area contributed by atoms with Crippen LogP contribution in [0.4, 0.5) is 4.79 Å². The second-order valence-electron chi connectivity index (χ2n) is 6.92. The van der Waals surface area contributed by atoms with Crippen LogP contribution in [0.3, 0.4) is 0 Å². The molecule has 0 bridgehead atoms. The Hall–Kier alpha value is -2.24. The number of aryl methyl sites for hydroxylation is 1. The molecule has 6 nitrogen and oxygen atoms in total. The topological polar surface area (TPSA) is 76.1 Å². The Balaban J connectivity index is 2.12. The van der Waals surface area contributed by atoms with Gasteiger partial charge in [-0.1, -0.05) is 25.1 Å². The molecule has 1 fully saturated rings. The number of nitrogens with zero attached hydrogens (tertiary/aromatic N) is 1. The van der Waals surface area contributed by atoms with E-state index in [0.717, 1.165) is 17.7 Å². The van der Waals surface area contributed by atoms with Gasteiger partial charge in [0.2, 0.25) is 0 Å². The quantitative estimate of drug-likeness (QED) is 0.915. The first-order valence-electron chi connectivity index (χ1n) is 8.18. The summed E-state index contributed by atoms with van der Waals surface area (Å²) in [7, 11) is 0. The number of benzene rings is 1. The van der Waals surface area contributed by atoms with Gasteiger partial charge in [-0.3, -0.25) is 4.90 Å². The first kappa shape index (κ1) is 18.1. The van der Waals surface area contributed by atoms with Crippen LogP contribution in [0.25, 0.3) is 0 Å². The largest absolute Gasteiger partial charge is 0.488 e. The molecule has 1 aliphatic heterocycles. The van der Waals surface area contributed by atoms with Crippen molar-refractivity contribution in [2.45, 2.75) is 58.3 Å². The second-order valence-corrected chi connectivity index (χ2v) is 6.92. The third-order valence-electron chi connectivity index (χ3n) is 3.82. The van der Waals surface area contributed by atoms with Crippen molar-refractivity contribution in [3.63, 3.8) is 0 Å². The first-order chi connectivity index (χ1) is 11.2. The lowest BCUT2D eigenvalue weighted by molar-refractivity contribution is -0.142. The number of carbonyl (C=O) groups is 2. The molecular formula is C18H25NO5. The number of carboxylic acids is 1. The molecule has 1 saturated heterocycles. The molecule has 0 aromatic heterocycles. The molecule has 0 unspecified atom stereocenters. The van der Waals surface area contributed by atoms with Gasteiger partial charge in [-0.25, -0.2) is 9.59 Å². The van der Waals surface area contributed by atoms with E-state index in [4.69, 9.17) is 9.47 Å². The highest BCUT2D eigenvalue weighted by Crippen LogP contribution is 2.27. The molecule has 0 radical (unpaired) electrons. The number of hydrogen-bond donors (Lipinski definition) is 1. The van der Waals surface area contributed by atoms with E-state index in [9.17, 15) is 14.7 Å². The minimum atomic E-state index is -1.05. The van der Waals surface area contributed by atoms with Gasteiger partial charge in [0.25, 0.3) is 0 Å². The minimum Gasteiger partial charge on any atom is -0.488 e. The molecule has 6 heteroatoms. The van der Waals surface area contributed by atoms with E-state index in [0.29, 0.717) is 0 Å². The van der Waals surface area contributed by atoms with E-state index in [1.165, 1.54) is 4.90 Å². The molecular weight excluding hydrogens is 310 g/mol. The summed E-state index contributed by atoms with van der Waals surface area (Å²) < 4.78 is 11.3. The molecule has 0 aliphatic carbocycles. The Bertz CT molecular complexity index is 608. The molecule has 2 atom stereocenters. The zero-order chi connectivity index (χ0) is 17.9. The summed E-state index contributed by atoms with van der Waals surface area (Å²) in [6, 6.07) is 6.73. The van der Waals surface area contributed by atoms with Crippen molar-refractivity contribution < 1.29 is 24.2 Å². The Kier molecular flexibility index (Phi) is 5.36. The van der Waals surface area contributed by atoms with E-state index < -0.39 is 23.7 Å². The fourth-order valence-electron chi connectivity index (χ4n) is 2.73. The third-order valence-corrected chi connectivity index (χ3v) is 3.82. The summed E-state index contributed by atoms with van der Waals surface area (Å²) in [6.07, 6.45) is 0.0734. The van der Waals surface area contributed by atoms with Gasteiger partial charge in [-0.15, -0.1) is 0 Å². The molecule has 1 amide bonds. The molecule has 132 valence electrons. The van der Waals surface area contributed by atoms with Crippen molar-refractivity contribution in [1.82, 2.24) is 4.90 Å². The van der Waals surface area contributed by atoms with Gasteiger partial charge in [-0.05, 0) is 38.8 Å². The normalized spacial score (nSPS) is 20.8. The summed E-state index contributed by atoms with van der Waals surface area (Å²) in [5, 5.41) is 9.41. The number of aliphatic carboxylic acids is 1.